The second-order valence-corrected chi connectivity index (χ2v) is 8.91. The fourth-order valence-electron chi connectivity index (χ4n) is 4.87. The maximum atomic E-state index is 12.7. The summed E-state index contributed by atoms with van der Waals surface area (Å²) < 4.78 is 10.7. The molecule has 3 aliphatic rings. The van der Waals surface area contributed by atoms with Crippen molar-refractivity contribution in [2.75, 3.05) is 6.79 Å². The van der Waals surface area contributed by atoms with Crippen LogP contribution in [0.4, 0.5) is 0 Å². The third kappa shape index (κ3) is 5.86. The van der Waals surface area contributed by atoms with Gasteiger partial charge in [-0.05, 0) is 61.8 Å². The molecule has 1 fully saturated rings. The normalized spacial score (nSPS) is 22.5. The minimum Gasteiger partial charge on any atom is -0.483 e. The molecule has 1 aromatic carbocycles. The van der Waals surface area contributed by atoms with E-state index in [2.05, 4.69) is 20.8 Å². The fraction of sp³-hybridized carbons (Fsp3) is 0.500. The Bertz CT molecular complexity index is 1010. The van der Waals surface area contributed by atoms with Crippen molar-refractivity contribution in [1.82, 2.24) is 20.8 Å². The number of H-pyrrole nitrogens is 1. The van der Waals surface area contributed by atoms with Crippen molar-refractivity contribution in [3.05, 3.63) is 41.2 Å². The number of carbonyl (C=O) groups is 3. The van der Waals surface area contributed by atoms with E-state index in [-0.39, 0.29) is 43.1 Å². The lowest BCUT2D eigenvalue weighted by Crippen LogP contribution is -2.45. The first-order valence-electron chi connectivity index (χ1n) is 11.6. The van der Waals surface area contributed by atoms with Crippen LogP contribution in [0.25, 0.3) is 0 Å². The summed E-state index contributed by atoms with van der Waals surface area (Å²) in [7, 11) is 0. The molecule has 4 N–H and O–H groups in total. The number of nitrogens with zero attached hydrogens (tertiary/aromatic N) is 1. The highest BCUT2D eigenvalue weighted by molar-refractivity contribution is 5.80. The van der Waals surface area contributed by atoms with Gasteiger partial charge in [0.1, 0.15) is 0 Å². The van der Waals surface area contributed by atoms with E-state index in [0.717, 1.165) is 62.0 Å². The molecule has 1 aliphatic heterocycles. The standard InChI is InChI=1S/C23H28N4O4.CH2O2/c28-22(10-14-1-8-20-21(9-14)31-13-30-20)25-17-5-2-15(3-6-17)23(29)26-18-7-4-16-12-24-27-19(16)11-18;2-1-3/h1,8-9,12,15,17-18H,2-7,10-11,13H2,(H,24,27)(H,25,28)(H,26,29);1H,(H,2,3). The number of aromatic amines is 1. The summed E-state index contributed by atoms with van der Waals surface area (Å²) in [5.41, 5.74) is 3.32. The van der Waals surface area contributed by atoms with Gasteiger partial charge in [-0.1, -0.05) is 6.07 Å². The van der Waals surface area contributed by atoms with E-state index in [9.17, 15) is 9.59 Å². The molecule has 1 unspecified atom stereocenters. The third-order valence-corrected chi connectivity index (χ3v) is 6.63. The van der Waals surface area contributed by atoms with Gasteiger partial charge in [-0.25, -0.2) is 0 Å². The number of benzene rings is 1. The van der Waals surface area contributed by atoms with Crippen molar-refractivity contribution >= 4 is 18.3 Å². The molecular weight excluding hydrogens is 440 g/mol. The summed E-state index contributed by atoms with van der Waals surface area (Å²) in [5, 5.41) is 20.4. The van der Waals surface area contributed by atoms with Gasteiger partial charge < -0.3 is 25.2 Å². The number of fused-ring (bicyclic) bond motifs is 2. The maximum absolute atomic E-state index is 12.7. The second-order valence-electron chi connectivity index (χ2n) is 8.91. The van der Waals surface area contributed by atoms with Crippen LogP contribution in [0.3, 0.4) is 0 Å². The monoisotopic (exact) mass is 470 g/mol. The molecule has 182 valence electrons. The summed E-state index contributed by atoms with van der Waals surface area (Å²) in [6.45, 7) is -0.0211. The highest BCUT2D eigenvalue weighted by atomic mass is 16.7. The molecule has 10 nitrogen and oxygen atoms in total. The average molecular weight is 471 g/mol. The Morgan fingerprint density at radius 2 is 1.85 bits per heavy atom. The number of ether oxygens (including phenoxy) is 2. The van der Waals surface area contributed by atoms with Gasteiger partial charge in [-0.3, -0.25) is 19.5 Å². The van der Waals surface area contributed by atoms with Gasteiger partial charge in [0.25, 0.3) is 6.47 Å². The highest BCUT2D eigenvalue weighted by Crippen LogP contribution is 2.32. The van der Waals surface area contributed by atoms with Gasteiger partial charge in [-0.15, -0.1) is 0 Å². The van der Waals surface area contributed by atoms with Gasteiger partial charge in [0.2, 0.25) is 18.6 Å². The topological polar surface area (TPSA) is 143 Å². The van der Waals surface area contributed by atoms with Crippen molar-refractivity contribution in [3.8, 4) is 11.5 Å². The van der Waals surface area contributed by atoms with Crippen molar-refractivity contribution in [2.24, 2.45) is 5.92 Å². The van der Waals surface area contributed by atoms with Crippen LogP contribution in [0.15, 0.2) is 24.4 Å². The number of hydrogen-bond donors (Lipinski definition) is 4. The molecule has 0 spiro atoms. The Balaban J connectivity index is 0.000000868. The zero-order chi connectivity index (χ0) is 23.9. The fourth-order valence-corrected chi connectivity index (χ4v) is 4.87. The summed E-state index contributed by atoms with van der Waals surface area (Å²) >= 11 is 0. The van der Waals surface area contributed by atoms with E-state index in [4.69, 9.17) is 19.4 Å². The predicted molar refractivity (Wildman–Crippen MR) is 121 cm³/mol. The van der Waals surface area contributed by atoms with E-state index in [1.807, 2.05) is 24.4 Å². The molecule has 10 heteroatoms. The number of aromatic nitrogens is 2. The molecule has 0 radical (unpaired) electrons. The van der Waals surface area contributed by atoms with E-state index in [1.165, 1.54) is 5.56 Å². The van der Waals surface area contributed by atoms with Gasteiger partial charge in [0.05, 0.1) is 12.6 Å². The van der Waals surface area contributed by atoms with Gasteiger partial charge in [-0.2, -0.15) is 5.10 Å². The van der Waals surface area contributed by atoms with E-state index < -0.39 is 0 Å². The molecule has 2 amide bonds. The molecule has 34 heavy (non-hydrogen) atoms. The number of amides is 2. The molecule has 5 rings (SSSR count). The van der Waals surface area contributed by atoms with Crippen LogP contribution in [0, 0.1) is 5.92 Å². The van der Waals surface area contributed by atoms with Crippen LogP contribution in [-0.4, -0.2) is 52.5 Å². The predicted octanol–water partition coefficient (Wildman–Crippen LogP) is 1.73. The van der Waals surface area contributed by atoms with Gasteiger partial charge in [0.15, 0.2) is 11.5 Å². The van der Waals surface area contributed by atoms with E-state index in [0.29, 0.717) is 12.2 Å². The number of rotatable bonds is 5. The maximum Gasteiger partial charge on any atom is 0.290 e. The van der Waals surface area contributed by atoms with Crippen LogP contribution < -0.4 is 20.1 Å². The SMILES string of the molecule is O=C(Cc1ccc2c(c1)OCO2)NC1CCC(C(=O)NC2CCc3cn[nH]c3C2)CC1.O=CO. The van der Waals surface area contributed by atoms with Crippen molar-refractivity contribution in [2.45, 2.75) is 63.5 Å². The lowest BCUT2D eigenvalue weighted by Gasteiger charge is -2.30. The van der Waals surface area contributed by atoms with Crippen LogP contribution >= 0.6 is 0 Å². The van der Waals surface area contributed by atoms with Crippen LogP contribution in [0.2, 0.25) is 0 Å². The van der Waals surface area contributed by atoms with E-state index >= 15 is 0 Å². The van der Waals surface area contributed by atoms with Crippen LogP contribution in [0.1, 0.15) is 48.9 Å². The number of nitrogens with one attached hydrogen (secondary N) is 3. The summed E-state index contributed by atoms with van der Waals surface area (Å²) in [5.74, 6) is 1.60. The minimum atomic E-state index is -0.250. The number of aryl methyl sites for hydroxylation is 1. The molecule has 1 saturated carbocycles. The lowest BCUT2D eigenvalue weighted by molar-refractivity contribution is -0.127. The zero-order valence-electron chi connectivity index (χ0n) is 18.9. The molecule has 2 heterocycles. The smallest absolute Gasteiger partial charge is 0.290 e. The molecule has 1 atom stereocenters. The molecule has 2 aromatic rings. The first kappa shape index (κ1) is 23.6. The number of carbonyl (C=O) groups excluding carboxylic acids is 2. The average Bonchev–Trinajstić information content (AvgIpc) is 3.48. The molecule has 2 aliphatic carbocycles. The number of hydrogen-bond acceptors (Lipinski definition) is 6. The van der Waals surface area contributed by atoms with Crippen LogP contribution in [0.5, 0.6) is 11.5 Å². The Labute approximate surface area is 197 Å². The molecule has 0 saturated heterocycles. The Morgan fingerprint density at radius 1 is 1.09 bits per heavy atom. The Kier molecular flexibility index (Phi) is 7.66. The highest BCUT2D eigenvalue weighted by Gasteiger charge is 2.29. The summed E-state index contributed by atoms with van der Waals surface area (Å²) in [4.78, 5) is 33.6. The number of carboxylic acid groups (broad SMARTS) is 1. The lowest BCUT2D eigenvalue weighted by atomic mass is 9.84. The molecule has 0 bridgehead atoms. The van der Waals surface area contributed by atoms with Crippen molar-refractivity contribution in [1.29, 1.82) is 0 Å². The third-order valence-electron chi connectivity index (χ3n) is 6.63. The van der Waals surface area contributed by atoms with Gasteiger partial charge >= 0.3 is 0 Å². The summed E-state index contributed by atoms with van der Waals surface area (Å²) in [6, 6.07) is 5.91. The summed E-state index contributed by atoms with van der Waals surface area (Å²) in [6.07, 6.45) is 8.23. The second kappa shape index (κ2) is 11.0. The largest absolute Gasteiger partial charge is 0.483 e. The molecule has 1 aromatic heterocycles. The minimum absolute atomic E-state index is 0.00401. The van der Waals surface area contributed by atoms with Gasteiger partial charge in [0, 0.05) is 30.1 Å². The first-order valence-corrected chi connectivity index (χ1v) is 11.6. The van der Waals surface area contributed by atoms with E-state index in [1.54, 1.807) is 0 Å². The van der Waals surface area contributed by atoms with Crippen LogP contribution in [-0.2, 0) is 33.6 Å². The van der Waals surface area contributed by atoms with Crippen molar-refractivity contribution < 1.29 is 29.0 Å². The Hall–Kier alpha value is -3.56. The zero-order valence-corrected chi connectivity index (χ0v) is 18.9. The van der Waals surface area contributed by atoms with Crippen molar-refractivity contribution in [3.63, 3.8) is 0 Å². The first-order chi connectivity index (χ1) is 16.6. The Morgan fingerprint density at radius 3 is 2.65 bits per heavy atom. The molecular formula is C24H30N4O6. The quantitative estimate of drug-likeness (QED) is 0.488.